The third kappa shape index (κ3) is 3.50. The monoisotopic (exact) mass is 311 g/mol. The van der Waals surface area contributed by atoms with Gasteiger partial charge in [-0.15, -0.1) is 11.8 Å². The number of amides is 1. The summed E-state index contributed by atoms with van der Waals surface area (Å²) in [5.41, 5.74) is 2.35. The Balaban J connectivity index is 2.31. The molecule has 0 saturated heterocycles. The minimum Gasteiger partial charge on any atom is -0.289 e. The van der Waals surface area contributed by atoms with Crippen molar-refractivity contribution in [3.8, 4) is 0 Å². The Morgan fingerprint density at radius 2 is 1.95 bits per heavy atom. The number of hydroxylamine groups is 1. The smallest absolute Gasteiger partial charge is 0.261 e. The lowest BCUT2D eigenvalue weighted by molar-refractivity contribution is -0.128. The maximum absolute atomic E-state index is 13.0. The van der Waals surface area contributed by atoms with Gasteiger partial charge in [-0.25, -0.2) is 9.87 Å². The van der Waals surface area contributed by atoms with Crippen LogP contribution in [0.25, 0.3) is 0 Å². The molecular formula is C14H11ClFNO2S. The normalized spacial score (nSPS) is 11.9. The number of thioether (sulfide) groups is 1. The van der Waals surface area contributed by atoms with Crippen molar-refractivity contribution in [2.24, 2.45) is 0 Å². The van der Waals surface area contributed by atoms with Gasteiger partial charge in [-0.1, -0.05) is 41.9 Å². The summed E-state index contributed by atoms with van der Waals surface area (Å²) in [4.78, 5) is 12.4. The van der Waals surface area contributed by atoms with E-state index in [1.54, 1.807) is 29.7 Å². The van der Waals surface area contributed by atoms with E-state index in [-0.39, 0.29) is 5.02 Å². The van der Waals surface area contributed by atoms with Crippen LogP contribution in [0.1, 0.15) is 10.8 Å². The van der Waals surface area contributed by atoms with Crippen molar-refractivity contribution in [1.29, 1.82) is 0 Å². The molecule has 6 heteroatoms. The molecule has 20 heavy (non-hydrogen) atoms. The fourth-order valence-corrected chi connectivity index (χ4v) is 2.98. The van der Waals surface area contributed by atoms with Gasteiger partial charge in [0, 0.05) is 4.90 Å². The van der Waals surface area contributed by atoms with E-state index < -0.39 is 17.0 Å². The van der Waals surface area contributed by atoms with Gasteiger partial charge in [-0.2, -0.15) is 0 Å². The van der Waals surface area contributed by atoms with Crippen LogP contribution in [-0.2, 0) is 4.79 Å². The lowest BCUT2D eigenvalue weighted by Gasteiger charge is -2.15. The van der Waals surface area contributed by atoms with Gasteiger partial charge < -0.3 is 0 Å². The molecular weight excluding hydrogens is 301 g/mol. The highest BCUT2D eigenvalue weighted by molar-refractivity contribution is 8.00. The summed E-state index contributed by atoms with van der Waals surface area (Å²) in [7, 11) is 0. The van der Waals surface area contributed by atoms with E-state index in [0.29, 0.717) is 10.5 Å². The molecule has 2 N–H and O–H groups in total. The molecule has 0 spiro atoms. The standard InChI is InChI=1S/C14H11ClFNO2S/c15-11-8-10(16)6-7-12(11)20-13(14(18)17-19)9-4-2-1-3-5-9/h1-8,13,19H,(H,17,18). The first kappa shape index (κ1) is 14.8. The molecule has 0 aromatic heterocycles. The van der Waals surface area contributed by atoms with Gasteiger partial charge in [0.2, 0.25) is 0 Å². The van der Waals surface area contributed by atoms with Crippen LogP contribution in [0.5, 0.6) is 0 Å². The number of halogens is 2. The topological polar surface area (TPSA) is 49.3 Å². The lowest BCUT2D eigenvalue weighted by atomic mass is 10.1. The molecule has 0 bridgehead atoms. The summed E-state index contributed by atoms with van der Waals surface area (Å²) < 4.78 is 13.0. The van der Waals surface area contributed by atoms with E-state index in [0.717, 1.165) is 11.8 Å². The Morgan fingerprint density at radius 3 is 2.55 bits per heavy atom. The molecule has 2 rings (SSSR count). The minimum absolute atomic E-state index is 0.224. The van der Waals surface area contributed by atoms with E-state index in [1.165, 1.54) is 18.2 Å². The predicted molar refractivity (Wildman–Crippen MR) is 76.4 cm³/mol. The first-order valence-corrected chi connectivity index (χ1v) is 6.98. The van der Waals surface area contributed by atoms with Gasteiger partial charge in [-0.3, -0.25) is 10.0 Å². The van der Waals surface area contributed by atoms with Crippen LogP contribution in [0.15, 0.2) is 53.4 Å². The third-order valence-electron chi connectivity index (χ3n) is 2.59. The van der Waals surface area contributed by atoms with Gasteiger partial charge in [0.15, 0.2) is 0 Å². The van der Waals surface area contributed by atoms with E-state index >= 15 is 0 Å². The molecule has 0 aliphatic carbocycles. The van der Waals surface area contributed by atoms with Gasteiger partial charge >= 0.3 is 0 Å². The first-order valence-electron chi connectivity index (χ1n) is 5.72. The zero-order valence-corrected chi connectivity index (χ0v) is 11.8. The maximum Gasteiger partial charge on any atom is 0.261 e. The second kappa shape index (κ2) is 6.74. The van der Waals surface area contributed by atoms with E-state index in [9.17, 15) is 9.18 Å². The summed E-state index contributed by atoms with van der Waals surface area (Å²) >= 11 is 7.09. The minimum atomic E-state index is -0.677. The molecule has 0 aliphatic heterocycles. The number of carbonyl (C=O) groups is 1. The zero-order valence-electron chi connectivity index (χ0n) is 10.2. The Hall–Kier alpha value is -1.56. The Labute approximate surface area is 124 Å². The second-order valence-electron chi connectivity index (χ2n) is 3.96. The maximum atomic E-state index is 13.0. The van der Waals surface area contributed by atoms with Crippen LogP contribution in [0.4, 0.5) is 4.39 Å². The van der Waals surface area contributed by atoms with Crippen molar-refractivity contribution >= 4 is 29.3 Å². The highest BCUT2D eigenvalue weighted by Gasteiger charge is 2.22. The van der Waals surface area contributed by atoms with E-state index in [2.05, 4.69) is 0 Å². The molecule has 2 aromatic carbocycles. The Bertz CT molecular complexity index is 609. The molecule has 1 atom stereocenters. The van der Waals surface area contributed by atoms with E-state index in [1.807, 2.05) is 6.07 Å². The fraction of sp³-hybridized carbons (Fsp3) is 0.0714. The van der Waals surface area contributed by atoms with Gasteiger partial charge in [0.25, 0.3) is 5.91 Å². The molecule has 0 saturated carbocycles. The summed E-state index contributed by atoms with van der Waals surface area (Å²) in [6.45, 7) is 0. The van der Waals surface area contributed by atoms with Crippen molar-refractivity contribution in [1.82, 2.24) is 5.48 Å². The summed E-state index contributed by atoms with van der Waals surface area (Å²) in [5, 5.41) is 8.40. The van der Waals surface area contributed by atoms with Crippen LogP contribution >= 0.6 is 23.4 Å². The largest absolute Gasteiger partial charge is 0.289 e. The van der Waals surface area contributed by atoms with Crippen LogP contribution in [0.2, 0.25) is 5.02 Å². The average molecular weight is 312 g/mol. The highest BCUT2D eigenvalue weighted by Crippen LogP contribution is 2.39. The average Bonchev–Trinajstić information content (AvgIpc) is 2.46. The van der Waals surface area contributed by atoms with Crippen LogP contribution in [0.3, 0.4) is 0 Å². The van der Waals surface area contributed by atoms with Crippen molar-refractivity contribution in [2.75, 3.05) is 0 Å². The van der Waals surface area contributed by atoms with Crippen LogP contribution in [0, 0.1) is 5.82 Å². The molecule has 0 heterocycles. The molecule has 0 radical (unpaired) electrons. The number of nitrogens with one attached hydrogen (secondary N) is 1. The molecule has 104 valence electrons. The quantitative estimate of drug-likeness (QED) is 0.513. The van der Waals surface area contributed by atoms with Crippen molar-refractivity contribution in [3.63, 3.8) is 0 Å². The SMILES string of the molecule is O=C(NO)C(Sc1ccc(F)cc1Cl)c1ccccc1. The third-order valence-corrected chi connectivity index (χ3v) is 4.35. The number of benzene rings is 2. The summed E-state index contributed by atoms with van der Waals surface area (Å²) in [6, 6.07) is 12.9. The number of hydrogen-bond acceptors (Lipinski definition) is 3. The first-order chi connectivity index (χ1) is 9.61. The molecule has 1 unspecified atom stereocenters. The van der Waals surface area contributed by atoms with Crippen LogP contribution < -0.4 is 5.48 Å². The van der Waals surface area contributed by atoms with Crippen molar-refractivity contribution < 1.29 is 14.4 Å². The number of hydrogen-bond donors (Lipinski definition) is 2. The second-order valence-corrected chi connectivity index (χ2v) is 5.51. The number of rotatable bonds is 4. The van der Waals surface area contributed by atoms with Crippen molar-refractivity contribution in [2.45, 2.75) is 10.1 Å². The Kier molecular flexibility index (Phi) is 5.00. The molecule has 3 nitrogen and oxygen atoms in total. The van der Waals surface area contributed by atoms with E-state index in [4.69, 9.17) is 16.8 Å². The predicted octanol–water partition coefficient (Wildman–Crippen LogP) is 3.82. The Morgan fingerprint density at radius 1 is 1.25 bits per heavy atom. The highest BCUT2D eigenvalue weighted by atomic mass is 35.5. The summed E-state index contributed by atoms with van der Waals surface area (Å²) in [5.74, 6) is -1.01. The fourth-order valence-electron chi connectivity index (χ4n) is 1.66. The molecule has 0 aliphatic rings. The van der Waals surface area contributed by atoms with Crippen molar-refractivity contribution in [3.05, 3.63) is 64.9 Å². The van der Waals surface area contributed by atoms with Gasteiger partial charge in [-0.05, 0) is 23.8 Å². The van der Waals surface area contributed by atoms with Gasteiger partial charge in [0.05, 0.1) is 5.02 Å². The molecule has 0 fully saturated rings. The zero-order chi connectivity index (χ0) is 14.5. The molecule has 2 aromatic rings. The lowest BCUT2D eigenvalue weighted by Crippen LogP contribution is -2.24. The van der Waals surface area contributed by atoms with Crippen LogP contribution in [-0.4, -0.2) is 11.1 Å². The number of carbonyl (C=O) groups excluding carboxylic acids is 1. The summed E-state index contributed by atoms with van der Waals surface area (Å²) in [6.07, 6.45) is 0. The van der Waals surface area contributed by atoms with Gasteiger partial charge in [0.1, 0.15) is 11.1 Å². The molecule has 1 amide bonds.